The first kappa shape index (κ1) is 18.4. The number of aliphatic imine (C=N–C) groups is 1. The van der Waals surface area contributed by atoms with Gasteiger partial charge in [-0.15, -0.1) is 0 Å². The Morgan fingerprint density at radius 1 is 1.25 bits per heavy atom. The number of hydrogen-bond acceptors (Lipinski definition) is 6. The molecule has 0 aliphatic carbocycles. The maximum atomic E-state index is 5.89. The Morgan fingerprint density at radius 3 is 2.75 bits per heavy atom. The summed E-state index contributed by atoms with van der Waals surface area (Å²) < 4.78 is 11.4. The summed E-state index contributed by atoms with van der Waals surface area (Å²) in [6.45, 7) is 10.6. The van der Waals surface area contributed by atoms with E-state index in [0.717, 1.165) is 62.2 Å². The second-order valence-electron chi connectivity index (χ2n) is 5.72. The molecule has 0 amide bonds. The summed E-state index contributed by atoms with van der Waals surface area (Å²) in [5.41, 5.74) is 1.14. The highest BCUT2D eigenvalue weighted by atomic mass is 16.5. The zero-order chi connectivity index (χ0) is 17.2. The van der Waals surface area contributed by atoms with E-state index < -0.39 is 0 Å². The Labute approximate surface area is 145 Å². The lowest BCUT2D eigenvalue weighted by Crippen LogP contribution is -2.40. The topological polar surface area (TPSA) is 58.1 Å². The van der Waals surface area contributed by atoms with Gasteiger partial charge in [-0.3, -0.25) is 4.99 Å². The fraction of sp³-hybridized carbons (Fsp3) is 0.611. The van der Waals surface area contributed by atoms with E-state index in [4.69, 9.17) is 9.47 Å². The molecular weight excluding hydrogens is 304 g/mol. The standard InChI is InChI=1S/C18H30N4O2/c1-4-22(5-2)11-12-24-16-8-7-15(13-17(16)23-3)14-21-18-19-9-6-10-20-18/h7-8,13H,4-6,9-12,14H2,1-3H3,(H2,19,20,21). The molecule has 0 bridgehead atoms. The van der Waals surface area contributed by atoms with E-state index in [1.807, 2.05) is 12.1 Å². The summed E-state index contributed by atoms with van der Waals surface area (Å²) in [7, 11) is 1.68. The number of rotatable bonds is 9. The Morgan fingerprint density at radius 2 is 2.08 bits per heavy atom. The van der Waals surface area contributed by atoms with Crippen LogP contribution in [0.1, 0.15) is 25.8 Å². The zero-order valence-electron chi connectivity index (χ0n) is 15.1. The monoisotopic (exact) mass is 334 g/mol. The van der Waals surface area contributed by atoms with Crippen LogP contribution in [0.5, 0.6) is 11.5 Å². The number of benzene rings is 1. The normalized spacial score (nSPS) is 14.1. The van der Waals surface area contributed by atoms with Crippen LogP contribution < -0.4 is 20.1 Å². The molecule has 6 heteroatoms. The van der Waals surface area contributed by atoms with Crippen molar-refractivity contribution in [3.63, 3.8) is 0 Å². The summed E-state index contributed by atoms with van der Waals surface area (Å²) >= 11 is 0. The number of ether oxygens (including phenoxy) is 2. The summed E-state index contributed by atoms with van der Waals surface area (Å²) in [6, 6.07) is 6.06. The van der Waals surface area contributed by atoms with Crippen molar-refractivity contribution in [3.8, 4) is 11.5 Å². The van der Waals surface area contributed by atoms with E-state index >= 15 is 0 Å². The van der Waals surface area contributed by atoms with E-state index in [9.17, 15) is 0 Å². The quantitative estimate of drug-likeness (QED) is 0.722. The highest BCUT2D eigenvalue weighted by Gasteiger charge is 2.08. The SMILES string of the molecule is CCN(CC)CCOc1ccc(CNC2=NCCCN2)cc1OC. The lowest BCUT2D eigenvalue weighted by Gasteiger charge is -2.19. The predicted molar refractivity (Wildman–Crippen MR) is 98.0 cm³/mol. The van der Waals surface area contributed by atoms with Gasteiger partial charge in [-0.1, -0.05) is 19.9 Å². The maximum Gasteiger partial charge on any atom is 0.191 e. The van der Waals surface area contributed by atoms with E-state index in [1.165, 1.54) is 0 Å². The van der Waals surface area contributed by atoms with Gasteiger partial charge in [-0.2, -0.15) is 0 Å². The van der Waals surface area contributed by atoms with Crippen LogP contribution in [0.2, 0.25) is 0 Å². The van der Waals surface area contributed by atoms with Crippen LogP contribution in [0.4, 0.5) is 0 Å². The minimum absolute atomic E-state index is 0.663. The van der Waals surface area contributed by atoms with E-state index in [1.54, 1.807) is 7.11 Å². The molecule has 2 N–H and O–H groups in total. The fourth-order valence-electron chi connectivity index (χ4n) is 2.60. The molecule has 1 heterocycles. The average Bonchev–Trinajstić information content (AvgIpc) is 2.65. The molecule has 0 saturated carbocycles. The minimum Gasteiger partial charge on any atom is -0.493 e. The first-order chi connectivity index (χ1) is 11.8. The first-order valence-corrected chi connectivity index (χ1v) is 8.81. The average molecular weight is 334 g/mol. The third-order valence-electron chi connectivity index (χ3n) is 4.14. The molecule has 0 aromatic heterocycles. The van der Waals surface area contributed by atoms with Crippen molar-refractivity contribution in [3.05, 3.63) is 23.8 Å². The molecule has 0 spiro atoms. The highest BCUT2D eigenvalue weighted by Crippen LogP contribution is 2.28. The van der Waals surface area contributed by atoms with Gasteiger partial charge in [0.05, 0.1) is 7.11 Å². The van der Waals surface area contributed by atoms with Gasteiger partial charge in [-0.25, -0.2) is 0 Å². The van der Waals surface area contributed by atoms with Crippen molar-refractivity contribution in [2.75, 3.05) is 46.4 Å². The van der Waals surface area contributed by atoms with Crippen molar-refractivity contribution in [2.24, 2.45) is 4.99 Å². The van der Waals surface area contributed by atoms with Gasteiger partial charge in [0.15, 0.2) is 17.5 Å². The van der Waals surface area contributed by atoms with Gasteiger partial charge >= 0.3 is 0 Å². The molecule has 0 unspecified atom stereocenters. The molecular formula is C18H30N4O2. The van der Waals surface area contributed by atoms with E-state index in [-0.39, 0.29) is 0 Å². The smallest absolute Gasteiger partial charge is 0.191 e. The van der Waals surface area contributed by atoms with Crippen LogP contribution in [0.15, 0.2) is 23.2 Å². The molecule has 2 rings (SSSR count). The van der Waals surface area contributed by atoms with Crippen molar-refractivity contribution in [1.29, 1.82) is 0 Å². The molecule has 0 atom stereocenters. The van der Waals surface area contributed by atoms with Gasteiger partial charge < -0.3 is 25.0 Å². The van der Waals surface area contributed by atoms with Crippen LogP contribution in [0.3, 0.4) is 0 Å². The lowest BCUT2D eigenvalue weighted by molar-refractivity contribution is 0.217. The molecule has 0 saturated heterocycles. The molecule has 134 valence electrons. The van der Waals surface area contributed by atoms with Gasteiger partial charge in [0, 0.05) is 26.2 Å². The number of hydrogen-bond donors (Lipinski definition) is 2. The largest absolute Gasteiger partial charge is 0.493 e. The van der Waals surface area contributed by atoms with Gasteiger partial charge in [0.1, 0.15) is 6.61 Å². The molecule has 1 aliphatic rings. The van der Waals surface area contributed by atoms with E-state index in [2.05, 4.69) is 40.4 Å². The maximum absolute atomic E-state index is 5.89. The number of methoxy groups -OCH3 is 1. The number of nitrogens with one attached hydrogen (secondary N) is 2. The first-order valence-electron chi connectivity index (χ1n) is 8.81. The highest BCUT2D eigenvalue weighted by molar-refractivity contribution is 5.80. The Hall–Kier alpha value is -1.95. The van der Waals surface area contributed by atoms with Gasteiger partial charge in [0.25, 0.3) is 0 Å². The molecule has 6 nitrogen and oxygen atoms in total. The number of guanidine groups is 1. The number of nitrogens with zero attached hydrogens (tertiary/aromatic N) is 2. The fourth-order valence-corrected chi connectivity index (χ4v) is 2.60. The van der Waals surface area contributed by atoms with Crippen molar-refractivity contribution < 1.29 is 9.47 Å². The summed E-state index contributed by atoms with van der Waals surface area (Å²) in [5.74, 6) is 2.44. The van der Waals surface area contributed by atoms with Gasteiger partial charge in [0.2, 0.25) is 0 Å². The molecule has 0 fully saturated rings. The minimum atomic E-state index is 0.663. The Balaban J connectivity index is 1.88. The Kier molecular flexibility index (Phi) is 7.68. The molecule has 24 heavy (non-hydrogen) atoms. The predicted octanol–water partition coefficient (Wildman–Crippen LogP) is 1.85. The van der Waals surface area contributed by atoms with Crippen LogP contribution in [0.25, 0.3) is 0 Å². The van der Waals surface area contributed by atoms with Crippen molar-refractivity contribution >= 4 is 5.96 Å². The number of likely N-dealkylation sites (N-methyl/N-ethyl adjacent to an activating group) is 1. The lowest BCUT2D eigenvalue weighted by atomic mass is 10.2. The van der Waals surface area contributed by atoms with Crippen molar-refractivity contribution in [1.82, 2.24) is 15.5 Å². The van der Waals surface area contributed by atoms with Crippen LogP contribution >= 0.6 is 0 Å². The molecule has 0 radical (unpaired) electrons. The molecule has 1 aliphatic heterocycles. The van der Waals surface area contributed by atoms with Crippen LogP contribution in [0, 0.1) is 0 Å². The van der Waals surface area contributed by atoms with Crippen LogP contribution in [-0.2, 0) is 6.54 Å². The zero-order valence-corrected chi connectivity index (χ0v) is 15.1. The third-order valence-corrected chi connectivity index (χ3v) is 4.14. The Bertz CT molecular complexity index is 530. The van der Waals surface area contributed by atoms with Crippen molar-refractivity contribution in [2.45, 2.75) is 26.8 Å². The van der Waals surface area contributed by atoms with E-state index in [0.29, 0.717) is 13.2 Å². The summed E-state index contributed by atoms with van der Waals surface area (Å²) in [6.07, 6.45) is 1.10. The van der Waals surface area contributed by atoms with Gasteiger partial charge in [-0.05, 0) is 37.2 Å². The summed E-state index contributed by atoms with van der Waals surface area (Å²) in [5, 5.41) is 6.57. The second-order valence-corrected chi connectivity index (χ2v) is 5.72. The third kappa shape index (κ3) is 5.60. The molecule has 1 aromatic rings. The second kappa shape index (κ2) is 10.0. The van der Waals surface area contributed by atoms with Crippen LogP contribution in [-0.4, -0.2) is 57.3 Å². The molecule has 1 aromatic carbocycles. The summed E-state index contributed by atoms with van der Waals surface area (Å²) in [4.78, 5) is 6.75.